The van der Waals surface area contributed by atoms with Gasteiger partial charge < -0.3 is 82.6 Å². The van der Waals surface area contributed by atoms with Gasteiger partial charge in [0.1, 0.15) is 46.0 Å². The Bertz CT molecular complexity index is 5760. The summed E-state index contributed by atoms with van der Waals surface area (Å²) in [6.07, 6.45) is 22.0. The van der Waals surface area contributed by atoms with Crippen molar-refractivity contribution in [3.8, 4) is 41.8 Å². The maximum atomic E-state index is 14.0. The quantitative estimate of drug-likeness (QED) is 0.0186. The second-order valence-corrected chi connectivity index (χ2v) is 46.4. The SMILES string of the molecule is CCC(C)(C)Nc1cc(C)c(-c2sc(C(=O)NCC(C)(C)O)nc2C(=O)N2CCC[C@@H]2C)cn1.CC[C@@H](C)Nc1cc(C)c(-c2sc(C(=O)NCC(C)(C)O)nc2C(=O)N2C3CCC2CC3)cn1.CC[C@@H](C)Nc1cc(C)c(-c2sc(C(=O)NCC(C)(C)O)nc2C(=O)N2CC(F)(F)C[C@@H]2C)cn1.Cc1cc(NC(C)(C)C2CC2)ncc1-c1sc(C(=O)NCC(C)(C)O)nc1C(=O)N1C2CCC1CC2. The minimum absolute atomic E-state index is 0.00687. The standard InChI is InChI=1S/C27H37N5O3S.C25H35N5O3S.C25H37N5O3S.C24H33F2N5O3S/c1-15-12-20(31-27(4,5)16-6-7-16)28-13-19(15)22-21(25(34)32-17-8-9-18(32)11-10-17)30-24(36-22)23(33)29-14-26(2,3)35;1-6-15(3)28-19-11-14(2)18(12-26-19)21-20(24(32)30-16-7-8-17(30)10-9-16)29-23(34-21)22(31)27-13-25(4,5)33;1-8-24(4,5)29-18-12-15(2)17(13-26-18)20-19(23(32)30-11-9-10-16(30)3)28-22(34-20)21(31)27-14-25(6,7)33;1-7-14(3)29-17-8-13(2)16(10-27-17)19-18(22(33)31-12-24(25,26)9-15(31)4)30-21(35-19)20(32)28-11-23(5,6)34/h12-13,16-18,35H,6-11,14H2,1-5H3,(H,28,31)(H,29,33);11-12,15-17,33H,6-10,13H2,1-5H3,(H,26,28)(H,27,31);12-13,16,33H,8-11,14H2,1-7H3,(H,26,29)(H,27,31);8,10,14-15,34H,7,9,11-12H2,1-6H3,(H,27,29)(H,28,32)/t;15-,16?,17?;16-;14-,15+/m.101/s1. The number of halogens is 2. The van der Waals surface area contributed by atoms with Crippen LogP contribution in [0.3, 0.4) is 0 Å². The molecule has 0 spiro atoms. The van der Waals surface area contributed by atoms with E-state index in [2.05, 4.69) is 138 Å². The second-order valence-electron chi connectivity index (χ2n) is 42.4. The summed E-state index contributed by atoms with van der Waals surface area (Å²) in [6.45, 7) is 43.6. The lowest BCUT2D eigenvalue weighted by atomic mass is 9.98. The zero-order chi connectivity index (χ0) is 102. The Labute approximate surface area is 831 Å². The predicted molar refractivity (Wildman–Crippen MR) is 544 cm³/mol. The zero-order valence-electron chi connectivity index (χ0n) is 84.7. The van der Waals surface area contributed by atoms with E-state index >= 15 is 0 Å². The number of thiazole rings is 4. The molecule has 6 aliphatic heterocycles. The lowest BCUT2D eigenvalue weighted by Crippen LogP contribution is -2.38. The molecule has 0 radical (unpaired) electrons. The van der Waals surface area contributed by atoms with Crippen molar-refractivity contribution in [1.29, 1.82) is 0 Å². The predicted octanol–water partition coefficient (Wildman–Crippen LogP) is 16.7. The highest BCUT2D eigenvalue weighted by Gasteiger charge is 2.49. The molecule has 756 valence electrons. The molecule has 139 heavy (non-hydrogen) atoms. The van der Waals surface area contributed by atoms with Crippen molar-refractivity contribution in [3.63, 3.8) is 0 Å². The molecule has 6 saturated heterocycles. The summed E-state index contributed by atoms with van der Waals surface area (Å²) in [6, 6.07) is 8.85. The fourth-order valence-corrected chi connectivity index (χ4v) is 22.0. The lowest BCUT2D eigenvalue weighted by Gasteiger charge is -2.27. The van der Waals surface area contributed by atoms with Crippen molar-refractivity contribution in [3.05, 3.63) is 114 Å². The van der Waals surface area contributed by atoms with E-state index in [0.717, 1.165) is 156 Å². The van der Waals surface area contributed by atoms with Crippen LogP contribution in [-0.4, -0.2) is 254 Å². The number of aromatic nitrogens is 8. The summed E-state index contributed by atoms with van der Waals surface area (Å²) in [5, 5.41) is 65.0. The number of rotatable bonds is 32. The largest absolute Gasteiger partial charge is 0.389 e. The van der Waals surface area contributed by atoms with Gasteiger partial charge in [0.15, 0.2) is 20.0 Å². The summed E-state index contributed by atoms with van der Waals surface area (Å²) < 4.78 is 28.0. The molecule has 1 aliphatic carbocycles. The molecule has 15 rings (SSSR count). The van der Waals surface area contributed by atoms with Gasteiger partial charge in [0.05, 0.1) is 48.5 Å². The van der Waals surface area contributed by atoms with Gasteiger partial charge in [-0.15, -0.1) is 45.3 Å². The normalized spacial score (nSPS) is 19.3. The fraction of sp³-hybridized carbons (Fsp3) is 0.604. The Morgan fingerprint density at radius 1 is 0.424 bits per heavy atom. The first-order valence-electron chi connectivity index (χ1n) is 48.7. The third-order valence-corrected chi connectivity index (χ3v) is 31.0. The molecule has 0 aromatic carbocycles. The van der Waals surface area contributed by atoms with Gasteiger partial charge in [-0.05, 0) is 287 Å². The van der Waals surface area contributed by atoms with Crippen LogP contribution >= 0.6 is 45.3 Å². The highest BCUT2D eigenvalue weighted by atomic mass is 32.1. The van der Waals surface area contributed by atoms with E-state index in [1.54, 1.807) is 87.1 Å². The van der Waals surface area contributed by atoms with E-state index in [-0.39, 0.29) is 129 Å². The molecular formula is C101H142F2N20O12S4. The molecular weight excluding hydrogens is 1850 g/mol. The molecule has 4 bridgehead atoms. The first-order chi connectivity index (χ1) is 65.0. The molecule has 1 saturated carbocycles. The van der Waals surface area contributed by atoms with Crippen LogP contribution in [0.5, 0.6) is 0 Å². The molecule has 7 fully saturated rings. The number of aliphatic hydroxyl groups is 4. The van der Waals surface area contributed by atoms with Gasteiger partial charge in [-0.3, -0.25) is 38.4 Å². The van der Waals surface area contributed by atoms with E-state index in [1.165, 1.54) is 46.9 Å². The molecule has 7 aliphatic rings. The van der Waals surface area contributed by atoms with Crippen LogP contribution in [0.1, 0.15) is 338 Å². The number of alkyl halides is 2. The average Bonchev–Trinajstić information content (AvgIpc) is 1.61. The number of likely N-dealkylation sites (tertiary alicyclic amines) is 2. The van der Waals surface area contributed by atoms with E-state index in [9.17, 15) is 67.6 Å². The van der Waals surface area contributed by atoms with Crippen molar-refractivity contribution in [2.24, 2.45) is 5.92 Å². The number of pyridine rings is 4. The summed E-state index contributed by atoms with van der Waals surface area (Å²) in [7, 11) is 0. The fourth-order valence-electron chi connectivity index (χ4n) is 17.8. The summed E-state index contributed by atoms with van der Waals surface area (Å²) >= 11 is 4.61. The molecule has 12 N–H and O–H groups in total. The van der Waals surface area contributed by atoms with Crippen LogP contribution < -0.4 is 42.5 Å². The van der Waals surface area contributed by atoms with Gasteiger partial charge in [-0.2, -0.15) is 0 Å². The Morgan fingerprint density at radius 3 is 0.986 bits per heavy atom. The van der Waals surface area contributed by atoms with Crippen molar-refractivity contribution in [1.82, 2.24) is 80.7 Å². The molecule has 8 amide bonds. The van der Waals surface area contributed by atoms with Crippen LogP contribution in [0.25, 0.3) is 41.8 Å². The van der Waals surface area contributed by atoms with Gasteiger partial charge in [-0.25, -0.2) is 48.7 Å². The third-order valence-electron chi connectivity index (χ3n) is 26.6. The second kappa shape index (κ2) is 43.7. The Balaban J connectivity index is 0.000000166. The van der Waals surface area contributed by atoms with E-state index in [0.29, 0.717) is 60.8 Å². The molecule has 0 unspecified atom stereocenters. The molecule has 8 aromatic rings. The van der Waals surface area contributed by atoms with E-state index < -0.39 is 71.0 Å². The Hall–Kier alpha value is -10.2. The van der Waals surface area contributed by atoms with Crippen molar-refractivity contribution in [2.75, 3.05) is 60.5 Å². The van der Waals surface area contributed by atoms with Crippen LogP contribution in [-0.2, 0) is 0 Å². The first-order valence-corrected chi connectivity index (χ1v) is 52.0. The number of nitrogens with zero attached hydrogens (tertiary/aromatic N) is 12. The number of hydrogen-bond donors (Lipinski definition) is 12. The molecule has 32 nitrogen and oxygen atoms in total. The minimum Gasteiger partial charge on any atom is -0.389 e. The van der Waals surface area contributed by atoms with Gasteiger partial charge in [0.25, 0.3) is 53.2 Å². The van der Waals surface area contributed by atoms with Crippen molar-refractivity contribution in [2.45, 2.75) is 350 Å². The average molecular weight is 1990 g/mol. The maximum Gasteiger partial charge on any atom is 0.280 e. The first kappa shape index (κ1) is 108. The van der Waals surface area contributed by atoms with Gasteiger partial charge in [0, 0.05) is 146 Å². The summed E-state index contributed by atoms with van der Waals surface area (Å²) in [5.41, 5.74) is 3.20. The number of anilines is 4. The van der Waals surface area contributed by atoms with Crippen molar-refractivity contribution >= 4 is 116 Å². The molecule has 14 heterocycles. The number of fused-ring (bicyclic) bond motifs is 4. The Kier molecular flexibility index (Phi) is 33.8. The monoisotopic (exact) mass is 1990 g/mol. The summed E-state index contributed by atoms with van der Waals surface area (Å²) in [5.74, 6) is -2.02. The highest BCUT2D eigenvalue weighted by molar-refractivity contribution is 7.18. The minimum atomic E-state index is -2.97. The van der Waals surface area contributed by atoms with Crippen LogP contribution in [0.2, 0.25) is 0 Å². The van der Waals surface area contributed by atoms with E-state index in [1.807, 2.05) is 80.5 Å². The number of carbonyl (C=O) groups excluding carboxylic acids is 8. The zero-order valence-corrected chi connectivity index (χ0v) is 87.9. The van der Waals surface area contributed by atoms with Gasteiger partial charge in [0.2, 0.25) is 0 Å². The highest BCUT2D eigenvalue weighted by Crippen LogP contribution is 2.47. The molecule has 4 atom stereocenters. The molecule has 38 heteroatoms. The third kappa shape index (κ3) is 27.4. The van der Waals surface area contributed by atoms with Gasteiger partial charge >= 0.3 is 0 Å². The Morgan fingerprint density at radius 2 is 0.719 bits per heavy atom. The number of hydrogen-bond acceptors (Lipinski definition) is 28. The van der Waals surface area contributed by atoms with Crippen molar-refractivity contribution < 1.29 is 67.6 Å². The number of nitrogens with one attached hydrogen (secondary N) is 8. The van der Waals surface area contributed by atoms with Crippen LogP contribution in [0, 0.1) is 33.6 Å². The van der Waals surface area contributed by atoms with Gasteiger partial charge in [-0.1, -0.05) is 20.8 Å². The van der Waals surface area contributed by atoms with Crippen LogP contribution in [0.15, 0.2) is 49.1 Å². The molecule has 8 aromatic heterocycles. The smallest absolute Gasteiger partial charge is 0.280 e. The van der Waals surface area contributed by atoms with E-state index in [4.69, 9.17) is 0 Å². The number of aryl methyl sites for hydroxylation is 4. The van der Waals surface area contributed by atoms with Crippen LogP contribution in [0.4, 0.5) is 32.1 Å². The lowest BCUT2D eigenvalue weighted by molar-refractivity contribution is 0.0117. The number of carbonyl (C=O) groups is 8. The maximum absolute atomic E-state index is 14.0. The summed E-state index contributed by atoms with van der Waals surface area (Å²) in [4.78, 5) is 151. The number of amides is 8. The topological polar surface area (TPSA) is 430 Å².